The van der Waals surface area contributed by atoms with E-state index in [4.69, 9.17) is 4.74 Å². The molecule has 0 unspecified atom stereocenters. The minimum Gasteiger partial charge on any atom is -0.467 e. The predicted octanol–water partition coefficient (Wildman–Crippen LogP) is 3.39. The van der Waals surface area contributed by atoms with E-state index in [1.165, 1.54) is 24.0 Å². The monoisotopic (exact) mass is 336 g/mol. The molecule has 130 valence electrons. The van der Waals surface area contributed by atoms with Crippen LogP contribution < -0.4 is 4.74 Å². The van der Waals surface area contributed by atoms with Crippen LogP contribution >= 0.6 is 0 Å². The number of benzene rings is 1. The Kier molecular flexibility index (Phi) is 4.65. The van der Waals surface area contributed by atoms with Crippen molar-refractivity contribution in [1.29, 1.82) is 0 Å². The normalized spacial score (nSPS) is 16.4. The highest BCUT2D eigenvalue weighted by Crippen LogP contribution is 2.32. The Hall–Kier alpha value is -2.40. The zero-order valence-corrected chi connectivity index (χ0v) is 14.6. The largest absolute Gasteiger partial charge is 0.467 e. The lowest BCUT2D eigenvalue weighted by Gasteiger charge is -2.31. The molecule has 25 heavy (non-hydrogen) atoms. The van der Waals surface area contributed by atoms with Gasteiger partial charge in [0, 0.05) is 24.3 Å². The van der Waals surface area contributed by atoms with E-state index in [0.29, 0.717) is 11.9 Å². The SMILES string of the molecule is COc1ncc2c(C3CCN(CCc4ccccc4)CC3)c[nH]c2n1. The quantitative estimate of drug-likeness (QED) is 0.776. The molecule has 1 aliphatic rings. The fraction of sp³-hybridized carbons (Fsp3) is 0.400. The number of aromatic nitrogens is 3. The number of piperidine rings is 1. The lowest BCUT2D eigenvalue weighted by Crippen LogP contribution is -2.34. The molecular formula is C20H24N4O. The Labute approximate surface area is 148 Å². The molecule has 3 heterocycles. The average molecular weight is 336 g/mol. The molecule has 4 rings (SSSR count). The van der Waals surface area contributed by atoms with E-state index in [1.807, 2.05) is 6.20 Å². The van der Waals surface area contributed by atoms with E-state index < -0.39 is 0 Å². The van der Waals surface area contributed by atoms with Gasteiger partial charge in [-0.15, -0.1) is 0 Å². The molecule has 0 amide bonds. The van der Waals surface area contributed by atoms with Crippen molar-refractivity contribution in [1.82, 2.24) is 19.9 Å². The average Bonchev–Trinajstić information content (AvgIpc) is 3.10. The number of hydrogen-bond donors (Lipinski definition) is 1. The van der Waals surface area contributed by atoms with Crippen molar-refractivity contribution in [3.05, 3.63) is 53.9 Å². The first-order valence-corrected chi connectivity index (χ1v) is 8.98. The summed E-state index contributed by atoms with van der Waals surface area (Å²) in [6.07, 6.45) is 7.49. The van der Waals surface area contributed by atoms with Crippen molar-refractivity contribution in [2.75, 3.05) is 26.7 Å². The maximum absolute atomic E-state index is 5.11. The first kappa shape index (κ1) is 16.1. The summed E-state index contributed by atoms with van der Waals surface area (Å²) >= 11 is 0. The van der Waals surface area contributed by atoms with E-state index in [0.717, 1.165) is 37.1 Å². The number of H-pyrrole nitrogens is 1. The van der Waals surface area contributed by atoms with Crippen molar-refractivity contribution >= 4 is 11.0 Å². The van der Waals surface area contributed by atoms with E-state index in [9.17, 15) is 0 Å². The van der Waals surface area contributed by atoms with Crippen LogP contribution in [-0.4, -0.2) is 46.6 Å². The number of ether oxygens (including phenoxy) is 1. The first-order valence-electron chi connectivity index (χ1n) is 8.98. The fourth-order valence-corrected chi connectivity index (χ4v) is 3.75. The molecule has 1 fully saturated rings. The molecule has 0 radical (unpaired) electrons. The third-order valence-corrected chi connectivity index (χ3v) is 5.21. The van der Waals surface area contributed by atoms with Crippen LogP contribution in [0.1, 0.15) is 29.9 Å². The summed E-state index contributed by atoms with van der Waals surface area (Å²) in [5.41, 5.74) is 3.64. The highest BCUT2D eigenvalue weighted by molar-refractivity contribution is 5.79. The Morgan fingerprint density at radius 3 is 2.76 bits per heavy atom. The summed E-state index contributed by atoms with van der Waals surface area (Å²) in [7, 11) is 1.59. The Balaban J connectivity index is 1.37. The van der Waals surface area contributed by atoms with Crippen LogP contribution in [0.5, 0.6) is 6.01 Å². The van der Waals surface area contributed by atoms with E-state index in [1.54, 1.807) is 7.11 Å². The molecule has 5 heteroatoms. The third kappa shape index (κ3) is 3.51. The number of rotatable bonds is 5. The Bertz CT molecular complexity index is 822. The highest BCUT2D eigenvalue weighted by atomic mass is 16.5. The van der Waals surface area contributed by atoms with E-state index in [2.05, 4.69) is 56.4 Å². The smallest absolute Gasteiger partial charge is 0.318 e. The number of nitrogens with one attached hydrogen (secondary N) is 1. The molecule has 0 saturated carbocycles. The minimum atomic E-state index is 0.414. The van der Waals surface area contributed by atoms with Gasteiger partial charge in [-0.2, -0.15) is 4.98 Å². The molecule has 0 atom stereocenters. The standard InChI is InChI=1S/C20H24N4O/c1-25-20-22-14-18-17(13-21-19(18)23-20)16-8-11-24(12-9-16)10-7-15-5-3-2-4-6-15/h2-6,13-14,16H,7-12H2,1H3,(H,21,22,23). The summed E-state index contributed by atoms with van der Waals surface area (Å²) in [6.45, 7) is 3.45. The second kappa shape index (κ2) is 7.23. The van der Waals surface area contributed by atoms with Crippen LogP contribution in [0.15, 0.2) is 42.7 Å². The van der Waals surface area contributed by atoms with Gasteiger partial charge in [-0.25, -0.2) is 4.98 Å². The van der Waals surface area contributed by atoms with Crippen molar-refractivity contribution < 1.29 is 4.74 Å². The van der Waals surface area contributed by atoms with Gasteiger partial charge in [0.15, 0.2) is 0 Å². The summed E-state index contributed by atoms with van der Waals surface area (Å²) in [6, 6.07) is 11.2. The molecule has 1 N–H and O–H groups in total. The number of methoxy groups -OCH3 is 1. The van der Waals surface area contributed by atoms with Gasteiger partial charge in [-0.3, -0.25) is 0 Å². The van der Waals surface area contributed by atoms with Crippen LogP contribution in [0.2, 0.25) is 0 Å². The number of hydrogen-bond acceptors (Lipinski definition) is 4. The van der Waals surface area contributed by atoms with Gasteiger partial charge in [0.25, 0.3) is 0 Å². The minimum absolute atomic E-state index is 0.414. The number of fused-ring (bicyclic) bond motifs is 1. The van der Waals surface area contributed by atoms with E-state index in [-0.39, 0.29) is 0 Å². The van der Waals surface area contributed by atoms with Crippen molar-refractivity contribution in [3.8, 4) is 6.01 Å². The maximum Gasteiger partial charge on any atom is 0.318 e. The van der Waals surface area contributed by atoms with Crippen LogP contribution in [0, 0.1) is 0 Å². The highest BCUT2D eigenvalue weighted by Gasteiger charge is 2.23. The fourth-order valence-electron chi connectivity index (χ4n) is 3.75. The van der Waals surface area contributed by atoms with Gasteiger partial charge in [-0.05, 0) is 49.4 Å². The number of aromatic amines is 1. The lowest BCUT2D eigenvalue weighted by molar-refractivity contribution is 0.215. The maximum atomic E-state index is 5.11. The predicted molar refractivity (Wildman–Crippen MR) is 99.0 cm³/mol. The van der Waals surface area contributed by atoms with Crippen molar-refractivity contribution in [2.45, 2.75) is 25.2 Å². The molecule has 3 aromatic rings. The van der Waals surface area contributed by atoms with Gasteiger partial charge < -0.3 is 14.6 Å². The van der Waals surface area contributed by atoms with Crippen molar-refractivity contribution in [2.24, 2.45) is 0 Å². The zero-order valence-electron chi connectivity index (χ0n) is 14.6. The second-order valence-electron chi connectivity index (χ2n) is 6.71. The molecule has 0 aliphatic carbocycles. The van der Waals surface area contributed by atoms with Gasteiger partial charge in [0.1, 0.15) is 5.65 Å². The summed E-state index contributed by atoms with van der Waals surface area (Å²) in [4.78, 5) is 14.5. The molecular weight excluding hydrogens is 312 g/mol. The van der Waals surface area contributed by atoms with Gasteiger partial charge in [0.2, 0.25) is 0 Å². The number of likely N-dealkylation sites (tertiary alicyclic amines) is 1. The van der Waals surface area contributed by atoms with Crippen LogP contribution in [0.25, 0.3) is 11.0 Å². The topological polar surface area (TPSA) is 54.0 Å². The molecule has 0 bridgehead atoms. The molecule has 1 saturated heterocycles. The summed E-state index contributed by atoms with van der Waals surface area (Å²) in [5.74, 6) is 0.582. The Morgan fingerprint density at radius 1 is 1.20 bits per heavy atom. The van der Waals surface area contributed by atoms with Gasteiger partial charge >= 0.3 is 6.01 Å². The van der Waals surface area contributed by atoms with Crippen LogP contribution in [0.4, 0.5) is 0 Å². The van der Waals surface area contributed by atoms with E-state index >= 15 is 0 Å². The zero-order chi connectivity index (χ0) is 17.1. The third-order valence-electron chi connectivity index (χ3n) is 5.21. The summed E-state index contributed by atoms with van der Waals surface area (Å²) < 4.78 is 5.11. The van der Waals surface area contributed by atoms with Crippen LogP contribution in [0.3, 0.4) is 0 Å². The van der Waals surface area contributed by atoms with Crippen molar-refractivity contribution in [3.63, 3.8) is 0 Å². The number of nitrogens with zero attached hydrogens (tertiary/aromatic N) is 3. The first-order chi connectivity index (χ1) is 12.3. The summed E-state index contributed by atoms with van der Waals surface area (Å²) in [5, 5.41) is 1.13. The molecule has 5 nitrogen and oxygen atoms in total. The van der Waals surface area contributed by atoms with Crippen LogP contribution in [-0.2, 0) is 6.42 Å². The molecule has 1 aliphatic heterocycles. The van der Waals surface area contributed by atoms with Gasteiger partial charge in [0.05, 0.1) is 7.11 Å². The van der Waals surface area contributed by atoms with Gasteiger partial charge in [-0.1, -0.05) is 30.3 Å². The molecule has 1 aromatic carbocycles. The second-order valence-corrected chi connectivity index (χ2v) is 6.71. The Morgan fingerprint density at radius 2 is 2.00 bits per heavy atom. The molecule has 0 spiro atoms. The lowest BCUT2D eigenvalue weighted by atomic mass is 9.89. The molecule has 2 aromatic heterocycles.